The molecule has 1 aliphatic carbocycles. The number of anilines is 1. The van der Waals surface area contributed by atoms with E-state index in [9.17, 15) is 4.79 Å². The molecule has 7 nitrogen and oxygen atoms in total. The van der Waals surface area contributed by atoms with Gasteiger partial charge in [0.1, 0.15) is 16.6 Å². The van der Waals surface area contributed by atoms with Gasteiger partial charge in [0.25, 0.3) is 0 Å². The number of hydrogen-bond acceptors (Lipinski definition) is 5. The van der Waals surface area contributed by atoms with Gasteiger partial charge >= 0.3 is 6.09 Å². The highest BCUT2D eigenvalue weighted by atomic mass is 35.5. The van der Waals surface area contributed by atoms with Crippen molar-refractivity contribution in [3.63, 3.8) is 0 Å². The SMILES string of the molecule is CC(C)(C)c1c(OC(N)=O)cnc2[nH]cc(-c3cc(Cl)nc(NC4CCCCC4)c3)c12. The molecule has 0 aliphatic heterocycles. The van der Waals surface area contributed by atoms with Crippen LogP contribution in [0, 0.1) is 0 Å². The molecule has 1 saturated carbocycles. The number of fused-ring (bicyclic) bond motifs is 1. The lowest BCUT2D eigenvalue weighted by atomic mass is 9.83. The molecule has 0 radical (unpaired) electrons. The summed E-state index contributed by atoms with van der Waals surface area (Å²) in [6.45, 7) is 6.17. The van der Waals surface area contributed by atoms with E-state index in [-0.39, 0.29) is 5.41 Å². The molecule has 1 fully saturated rings. The van der Waals surface area contributed by atoms with Gasteiger partial charge in [0.05, 0.1) is 6.20 Å². The van der Waals surface area contributed by atoms with Gasteiger partial charge in [-0.3, -0.25) is 0 Å². The van der Waals surface area contributed by atoms with Gasteiger partial charge in [-0.15, -0.1) is 0 Å². The van der Waals surface area contributed by atoms with Crippen molar-refractivity contribution in [3.05, 3.63) is 35.2 Å². The second-order valence-electron chi connectivity index (χ2n) is 9.14. The number of nitrogens with one attached hydrogen (secondary N) is 2. The number of H-pyrrole nitrogens is 1. The van der Waals surface area contributed by atoms with Crippen LogP contribution < -0.4 is 15.8 Å². The Kier molecular flexibility index (Phi) is 5.79. The highest BCUT2D eigenvalue weighted by molar-refractivity contribution is 6.29. The smallest absolute Gasteiger partial charge is 0.409 e. The first-order valence-electron chi connectivity index (χ1n) is 10.6. The van der Waals surface area contributed by atoms with E-state index in [0.29, 0.717) is 22.6 Å². The minimum Gasteiger partial charge on any atom is -0.409 e. The molecule has 4 rings (SSSR count). The van der Waals surface area contributed by atoms with Gasteiger partial charge < -0.3 is 20.8 Å². The minimum absolute atomic E-state index is 0.330. The predicted octanol–water partition coefficient (Wildman–Crippen LogP) is 5.78. The van der Waals surface area contributed by atoms with Crippen LogP contribution in [0.1, 0.15) is 58.4 Å². The molecule has 0 saturated heterocycles. The summed E-state index contributed by atoms with van der Waals surface area (Å²) >= 11 is 6.40. The first-order chi connectivity index (χ1) is 14.7. The third kappa shape index (κ3) is 4.61. The predicted molar refractivity (Wildman–Crippen MR) is 124 cm³/mol. The normalized spacial score (nSPS) is 15.2. The molecule has 3 aromatic rings. The van der Waals surface area contributed by atoms with E-state index >= 15 is 0 Å². The van der Waals surface area contributed by atoms with E-state index in [4.69, 9.17) is 22.1 Å². The van der Waals surface area contributed by atoms with Crippen LogP contribution >= 0.6 is 11.6 Å². The zero-order chi connectivity index (χ0) is 22.2. The lowest BCUT2D eigenvalue weighted by molar-refractivity contribution is 0.210. The van der Waals surface area contributed by atoms with Crippen LogP contribution in [-0.4, -0.2) is 27.1 Å². The van der Waals surface area contributed by atoms with Gasteiger partial charge in [-0.2, -0.15) is 0 Å². The van der Waals surface area contributed by atoms with Crippen LogP contribution in [0.25, 0.3) is 22.2 Å². The third-order valence-electron chi connectivity index (χ3n) is 5.69. The number of nitrogens with zero attached hydrogens (tertiary/aromatic N) is 2. The van der Waals surface area contributed by atoms with Crippen molar-refractivity contribution in [1.82, 2.24) is 15.0 Å². The van der Waals surface area contributed by atoms with Crippen LogP contribution in [0.5, 0.6) is 5.75 Å². The lowest BCUT2D eigenvalue weighted by Crippen LogP contribution is -2.22. The minimum atomic E-state index is -0.866. The average molecular weight is 442 g/mol. The number of pyridine rings is 2. The van der Waals surface area contributed by atoms with E-state index < -0.39 is 6.09 Å². The van der Waals surface area contributed by atoms with Crippen molar-refractivity contribution >= 4 is 34.5 Å². The monoisotopic (exact) mass is 441 g/mol. The van der Waals surface area contributed by atoms with Gasteiger partial charge in [-0.05, 0) is 36.0 Å². The second kappa shape index (κ2) is 8.38. The Morgan fingerprint density at radius 2 is 2.00 bits per heavy atom. The van der Waals surface area contributed by atoms with Crippen molar-refractivity contribution in [1.29, 1.82) is 0 Å². The van der Waals surface area contributed by atoms with Crippen LogP contribution in [0.4, 0.5) is 10.6 Å². The van der Waals surface area contributed by atoms with Crippen molar-refractivity contribution in [3.8, 4) is 16.9 Å². The van der Waals surface area contributed by atoms with E-state index in [0.717, 1.165) is 40.7 Å². The Bertz CT molecular complexity index is 1110. The number of ether oxygens (including phenoxy) is 1. The molecule has 8 heteroatoms. The Hall–Kier alpha value is -2.80. The number of rotatable bonds is 4. The van der Waals surface area contributed by atoms with Crippen molar-refractivity contribution in [2.24, 2.45) is 5.73 Å². The highest BCUT2D eigenvalue weighted by Crippen LogP contribution is 2.42. The van der Waals surface area contributed by atoms with Gasteiger partial charge in [-0.25, -0.2) is 14.8 Å². The highest BCUT2D eigenvalue weighted by Gasteiger charge is 2.27. The number of carbonyl (C=O) groups is 1. The van der Waals surface area contributed by atoms with Gasteiger partial charge in [-0.1, -0.05) is 51.6 Å². The zero-order valence-corrected chi connectivity index (χ0v) is 18.8. The lowest BCUT2D eigenvalue weighted by Gasteiger charge is -2.24. The standard InChI is InChI=1S/C23H28ClN5O2/c1-23(2,3)20-16(31-22(25)30)12-27-21-19(20)15(11-26-21)13-9-17(24)29-18(10-13)28-14-7-5-4-6-8-14/h9-12,14H,4-8H2,1-3H3,(H2,25,30)(H,26,27)(H,28,29). The Morgan fingerprint density at radius 3 is 2.68 bits per heavy atom. The fourth-order valence-corrected chi connectivity index (χ4v) is 4.63. The molecule has 1 amide bonds. The number of aromatic amines is 1. The molecular weight excluding hydrogens is 414 g/mol. The molecule has 0 unspecified atom stereocenters. The van der Waals surface area contributed by atoms with Gasteiger partial charge in [0.15, 0.2) is 5.75 Å². The number of hydrogen-bond donors (Lipinski definition) is 3. The largest absolute Gasteiger partial charge is 0.410 e. The van der Waals surface area contributed by atoms with E-state index in [1.165, 1.54) is 25.5 Å². The van der Waals surface area contributed by atoms with Gasteiger partial charge in [0.2, 0.25) is 0 Å². The molecule has 4 N–H and O–H groups in total. The molecule has 0 bridgehead atoms. The number of halogens is 1. The maximum Gasteiger partial charge on any atom is 0.410 e. The molecule has 3 heterocycles. The quantitative estimate of drug-likeness (QED) is 0.445. The molecule has 31 heavy (non-hydrogen) atoms. The molecule has 0 atom stereocenters. The Labute approximate surface area is 186 Å². The Balaban J connectivity index is 1.83. The molecule has 1 aliphatic rings. The summed E-state index contributed by atoms with van der Waals surface area (Å²) < 4.78 is 5.30. The fraction of sp³-hybridized carbons (Fsp3) is 0.435. The maximum atomic E-state index is 11.5. The van der Waals surface area contributed by atoms with Crippen LogP contribution in [0.3, 0.4) is 0 Å². The summed E-state index contributed by atoms with van der Waals surface area (Å²) in [6.07, 6.45) is 8.61. The molecule has 0 aromatic carbocycles. The van der Waals surface area contributed by atoms with E-state index in [1.807, 2.05) is 18.3 Å². The van der Waals surface area contributed by atoms with Crippen LogP contribution in [0.15, 0.2) is 24.5 Å². The Morgan fingerprint density at radius 1 is 1.26 bits per heavy atom. The zero-order valence-electron chi connectivity index (χ0n) is 18.1. The first-order valence-corrected chi connectivity index (χ1v) is 11.0. The molecular formula is C23H28ClN5O2. The van der Waals surface area contributed by atoms with Crippen molar-refractivity contribution in [2.75, 3.05) is 5.32 Å². The number of carbonyl (C=O) groups excluding carboxylic acids is 1. The summed E-state index contributed by atoms with van der Waals surface area (Å²) in [4.78, 5) is 23.6. The van der Waals surface area contributed by atoms with E-state index in [2.05, 4.69) is 41.0 Å². The second-order valence-corrected chi connectivity index (χ2v) is 9.52. The molecule has 3 aromatic heterocycles. The summed E-state index contributed by atoms with van der Waals surface area (Å²) in [6, 6.07) is 4.26. The number of primary amides is 1. The number of nitrogens with two attached hydrogens (primary N) is 1. The van der Waals surface area contributed by atoms with Crippen molar-refractivity contribution < 1.29 is 9.53 Å². The first kappa shape index (κ1) is 21.4. The number of amides is 1. The topological polar surface area (TPSA) is 106 Å². The summed E-state index contributed by atoms with van der Waals surface area (Å²) in [5, 5.41) is 4.84. The maximum absolute atomic E-state index is 11.5. The average Bonchev–Trinajstić information content (AvgIpc) is 3.10. The van der Waals surface area contributed by atoms with Gasteiger partial charge in [0, 0.05) is 28.8 Å². The van der Waals surface area contributed by atoms with Crippen LogP contribution in [0.2, 0.25) is 5.15 Å². The van der Waals surface area contributed by atoms with E-state index in [1.54, 1.807) is 0 Å². The summed E-state index contributed by atoms with van der Waals surface area (Å²) in [7, 11) is 0. The van der Waals surface area contributed by atoms with Crippen molar-refractivity contribution in [2.45, 2.75) is 64.3 Å². The summed E-state index contributed by atoms with van der Waals surface area (Å²) in [5.74, 6) is 1.12. The number of aromatic nitrogens is 3. The summed E-state index contributed by atoms with van der Waals surface area (Å²) in [5.41, 5.74) is 8.35. The molecule has 164 valence electrons. The molecule has 0 spiro atoms. The fourth-order valence-electron chi connectivity index (χ4n) is 4.42. The van der Waals surface area contributed by atoms with Crippen LogP contribution in [-0.2, 0) is 5.41 Å². The third-order valence-corrected chi connectivity index (χ3v) is 5.88.